The molecule has 1 aliphatic carbocycles. The number of nitrogens with zero attached hydrogens (tertiary/aromatic N) is 2. The van der Waals surface area contributed by atoms with E-state index in [0.29, 0.717) is 18.4 Å². The van der Waals surface area contributed by atoms with Gasteiger partial charge in [-0.3, -0.25) is 4.90 Å². The van der Waals surface area contributed by atoms with Crippen LogP contribution < -0.4 is 5.32 Å². The number of hydrogen-bond acceptors (Lipinski definition) is 3. The van der Waals surface area contributed by atoms with Crippen LogP contribution >= 0.6 is 0 Å². The van der Waals surface area contributed by atoms with Crippen molar-refractivity contribution in [2.75, 3.05) is 26.2 Å². The molecule has 2 amide bonds. The smallest absolute Gasteiger partial charge is 0.317 e. The molecule has 0 spiro atoms. The summed E-state index contributed by atoms with van der Waals surface area (Å²) >= 11 is 0. The first-order valence-electron chi connectivity index (χ1n) is 12.1. The van der Waals surface area contributed by atoms with Crippen molar-refractivity contribution in [2.24, 2.45) is 0 Å². The summed E-state index contributed by atoms with van der Waals surface area (Å²) in [5.41, 5.74) is 4.80. The van der Waals surface area contributed by atoms with Gasteiger partial charge in [-0.2, -0.15) is 0 Å². The summed E-state index contributed by atoms with van der Waals surface area (Å²) in [7, 11) is 0. The average Bonchev–Trinajstić information content (AvgIpc) is 3.15. The predicted molar refractivity (Wildman–Crippen MR) is 126 cm³/mol. The number of aliphatic hydroxyl groups is 1. The Morgan fingerprint density at radius 1 is 1.29 bits per heavy atom. The van der Waals surface area contributed by atoms with Gasteiger partial charge in [0.15, 0.2) is 0 Å². The molecule has 1 saturated heterocycles. The molecule has 3 N–H and O–H groups in total. The minimum atomic E-state index is -0.448. The fraction of sp³-hybridized carbons (Fsp3) is 0.640. The lowest BCUT2D eigenvalue weighted by molar-refractivity contribution is 0.0968. The highest BCUT2D eigenvalue weighted by atomic mass is 16.3. The summed E-state index contributed by atoms with van der Waals surface area (Å²) in [5.74, 6) is 0.390. The molecule has 2 heterocycles. The highest BCUT2D eigenvalue weighted by molar-refractivity contribution is 5.90. The zero-order valence-electron chi connectivity index (χ0n) is 19.4. The zero-order valence-corrected chi connectivity index (χ0v) is 19.4. The number of aliphatic hydroxyl groups excluding tert-OH is 1. The lowest BCUT2D eigenvalue weighted by atomic mass is 9.73. The lowest BCUT2D eigenvalue weighted by Crippen LogP contribution is -2.58. The van der Waals surface area contributed by atoms with Crippen molar-refractivity contribution in [1.29, 1.82) is 0 Å². The maximum absolute atomic E-state index is 12.8. The maximum Gasteiger partial charge on any atom is 0.317 e. The second kappa shape index (κ2) is 9.21. The number of aromatic nitrogens is 1. The number of carbonyl (C=O) groups excluding carboxylic acids is 1. The topological polar surface area (TPSA) is 71.6 Å². The Balaban J connectivity index is 1.69. The summed E-state index contributed by atoms with van der Waals surface area (Å²) < 4.78 is 0. The van der Waals surface area contributed by atoms with E-state index in [1.165, 1.54) is 16.5 Å². The van der Waals surface area contributed by atoms with Crippen LogP contribution in [0, 0.1) is 0 Å². The second-order valence-corrected chi connectivity index (χ2v) is 9.14. The lowest BCUT2D eigenvalue weighted by Gasteiger charge is -2.47. The monoisotopic (exact) mass is 426 g/mol. The first-order chi connectivity index (χ1) is 15.0. The van der Waals surface area contributed by atoms with Gasteiger partial charge in [-0.15, -0.1) is 0 Å². The number of likely N-dealkylation sites (tertiary alicyclic amines) is 1. The Hall–Kier alpha value is -2.05. The first-order valence-corrected chi connectivity index (χ1v) is 12.1. The van der Waals surface area contributed by atoms with Crippen molar-refractivity contribution in [3.63, 3.8) is 0 Å². The quantitative estimate of drug-likeness (QED) is 0.623. The van der Waals surface area contributed by atoms with Gasteiger partial charge in [0.05, 0.1) is 6.10 Å². The van der Waals surface area contributed by atoms with Gasteiger partial charge >= 0.3 is 6.03 Å². The van der Waals surface area contributed by atoms with Gasteiger partial charge < -0.3 is 20.3 Å². The van der Waals surface area contributed by atoms with Crippen molar-refractivity contribution < 1.29 is 9.90 Å². The number of benzene rings is 1. The molecule has 4 atom stereocenters. The second-order valence-electron chi connectivity index (χ2n) is 9.14. The largest absolute Gasteiger partial charge is 0.387 e. The van der Waals surface area contributed by atoms with E-state index < -0.39 is 6.10 Å². The third-order valence-corrected chi connectivity index (χ3v) is 7.34. The number of rotatable bonds is 7. The van der Waals surface area contributed by atoms with Crippen molar-refractivity contribution in [1.82, 2.24) is 20.1 Å². The molecule has 0 radical (unpaired) electrons. The van der Waals surface area contributed by atoms with E-state index in [-0.39, 0.29) is 12.1 Å². The number of aromatic amines is 1. The van der Waals surface area contributed by atoms with E-state index in [0.717, 1.165) is 56.7 Å². The summed E-state index contributed by atoms with van der Waals surface area (Å²) in [4.78, 5) is 20.7. The van der Waals surface area contributed by atoms with Crippen LogP contribution in [0.25, 0.3) is 10.9 Å². The van der Waals surface area contributed by atoms with E-state index >= 15 is 0 Å². The molecule has 0 bridgehead atoms. The summed E-state index contributed by atoms with van der Waals surface area (Å²) in [6.07, 6.45) is 3.28. The molecule has 4 rings (SSSR count). The minimum absolute atomic E-state index is 0.0506. The molecule has 1 aromatic carbocycles. The standard InChI is InChI=1S/C25H38N4O2/c1-5-12-29-15-16(26-25(31)28(7-3)8-4)13-18-17-10-9-11-20-23(17)19(14-21(18)29)24(27-20)22(30)6-2/h9-11,16,18,21-22,27,30H,5-8,12-15H2,1-4H3,(H,26,31)/t16-,18+,21+,22?/m0/s1. The molecular weight excluding hydrogens is 388 g/mol. The number of urea groups is 1. The number of carbonyl (C=O) groups is 1. The number of piperidine rings is 1. The van der Waals surface area contributed by atoms with Crippen molar-refractivity contribution in [2.45, 2.75) is 77.5 Å². The van der Waals surface area contributed by atoms with Gasteiger partial charge in [0, 0.05) is 54.2 Å². The number of nitrogens with one attached hydrogen (secondary N) is 2. The molecule has 170 valence electrons. The summed E-state index contributed by atoms with van der Waals surface area (Å²) in [6.45, 7) is 11.7. The van der Waals surface area contributed by atoms with Gasteiger partial charge in [-0.05, 0) is 63.3 Å². The van der Waals surface area contributed by atoms with E-state index in [1.54, 1.807) is 0 Å². The Morgan fingerprint density at radius 3 is 2.74 bits per heavy atom. The van der Waals surface area contributed by atoms with Gasteiger partial charge in [-0.1, -0.05) is 26.0 Å². The maximum atomic E-state index is 12.8. The van der Waals surface area contributed by atoms with Gasteiger partial charge in [0.1, 0.15) is 0 Å². The van der Waals surface area contributed by atoms with Gasteiger partial charge in [-0.25, -0.2) is 4.79 Å². The molecule has 1 unspecified atom stereocenters. The average molecular weight is 427 g/mol. The van der Waals surface area contributed by atoms with Crippen LogP contribution in [0.4, 0.5) is 4.79 Å². The Labute approximate surface area is 186 Å². The van der Waals surface area contributed by atoms with Crippen molar-refractivity contribution >= 4 is 16.9 Å². The van der Waals surface area contributed by atoms with Crippen LogP contribution in [0.1, 0.15) is 75.8 Å². The van der Waals surface area contributed by atoms with Crippen LogP contribution in [0.5, 0.6) is 0 Å². The summed E-state index contributed by atoms with van der Waals surface area (Å²) in [5, 5.41) is 15.3. The normalized spacial score (nSPS) is 24.1. The van der Waals surface area contributed by atoms with Gasteiger partial charge in [0.2, 0.25) is 0 Å². The molecule has 0 saturated carbocycles. The third kappa shape index (κ3) is 3.96. The zero-order chi connectivity index (χ0) is 22.1. The van der Waals surface area contributed by atoms with Crippen LogP contribution in [-0.2, 0) is 6.42 Å². The van der Waals surface area contributed by atoms with Crippen LogP contribution in [0.2, 0.25) is 0 Å². The van der Waals surface area contributed by atoms with Crippen molar-refractivity contribution in [3.05, 3.63) is 35.0 Å². The minimum Gasteiger partial charge on any atom is -0.387 e. The highest BCUT2D eigenvalue weighted by Gasteiger charge is 2.42. The molecule has 1 aliphatic heterocycles. The molecule has 2 aromatic rings. The van der Waals surface area contributed by atoms with Crippen LogP contribution in [0.3, 0.4) is 0 Å². The molecule has 6 heteroatoms. The van der Waals surface area contributed by atoms with Gasteiger partial charge in [0.25, 0.3) is 0 Å². The Morgan fingerprint density at radius 2 is 2.06 bits per heavy atom. The van der Waals surface area contributed by atoms with E-state index in [1.807, 2.05) is 25.7 Å². The molecule has 1 aromatic heterocycles. The molecule has 31 heavy (non-hydrogen) atoms. The summed E-state index contributed by atoms with van der Waals surface area (Å²) in [6, 6.07) is 7.13. The fourth-order valence-corrected chi connectivity index (χ4v) is 5.83. The Kier molecular flexibility index (Phi) is 6.58. The number of amides is 2. The van der Waals surface area contributed by atoms with E-state index in [9.17, 15) is 9.90 Å². The fourth-order valence-electron chi connectivity index (χ4n) is 5.83. The van der Waals surface area contributed by atoms with E-state index in [4.69, 9.17) is 0 Å². The number of H-pyrrole nitrogens is 1. The molecule has 1 fully saturated rings. The van der Waals surface area contributed by atoms with E-state index in [2.05, 4.69) is 40.3 Å². The SMILES string of the molecule is CCCN1C[C@@H](NC(=O)N(CC)CC)C[C@@H]2c3cccc4[nH]c(C(O)CC)c(c34)C[C@H]21. The Bertz CT molecular complexity index is 920. The predicted octanol–water partition coefficient (Wildman–Crippen LogP) is 4.16. The number of fused-ring (bicyclic) bond motifs is 2. The van der Waals surface area contributed by atoms with Crippen LogP contribution in [-0.4, -0.2) is 64.2 Å². The van der Waals surface area contributed by atoms with Crippen LogP contribution in [0.15, 0.2) is 18.2 Å². The highest BCUT2D eigenvalue weighted by Crippen LogP contribution is 2.45. The molecule has 2 aliphatic rings. The molecular formula is C25H38N4O2. The third-order valence-electron chi connectivity index (χ3n) is 7.34. The molecule has 6 nitrogen and oxygen atoms in total. The number of hydrogen-bond donors (Lipinski definition) is 3. The first kappa shape index (κ1) is 22.2. The van der Waals surface area contributed by atoms with Crippen molar-refractivity contribution in [3.8, 4) is 0 Å².